The molecule has 2 heterocycles. The average Bonchev–Trinajstić information content (AvgIpc) is 3.18. The lowest BCUT2D eigenvalue weighted by atomic mass is 10.1. The van der Waals surface area contributed by atoms with Gasteiger partial charge in [0.1, 0.15) is 6.04 Å². The van der Waals surface area contributed by atoms with Crippen LogP contribution >= 0.6 is 0 Å². The number of carbonyl (C=O) groups is 1. The molecule has 138 valence electrons. The summed E-state index contributed by atoms with van der Waals surface area (Å²) < 4.78 is 33.1. The predicted molar refractivity (Wildman–Crippen MR) is 98.3 cm³/mol. The zero-order valence-corrected chi connectivity index (χ0v) is 15.3. The van der Waals surface area contributed by atoms with E-state index in [-0.39, 0.29) is 10.8 Å². The van der Waals surface area contributed by atoms with Crippen LogP contribution in [0, 0.1) is 0 Å². The highest BCUT2D eigenvalue weighted by Crippen LogP contribution is 2.29. The van der Waals surface area contributed by atoms with E-state index in [1.807, 2.05) is 30.3 Å². The van der Waals surface area contributed by atoms with Crippen LogP contribution in [0.3, 0.4) is 0 Å². The number of hydrogen-bond acceptors (Lipinski definition) is 4. The van der Waals surface area contributed by atoms with Crippen LogP contribution in [-0.2, 0) is 19.6 Å². The van der Waals surface area contributed by atoms with Gasteiger partial charge in [-0.3, -0.25) is 4.79 Å². The fourth-order valence-corrected chi connectivity index (χ4v) is 5.42. The number of nitrogens with zero attached hydrogens (tertiary/aromatic N) is 2. The summed E-state index contributed by atoms with van der Waals surface area (Å²) in [6.07, 6.45) is 1.27. The number of carbonyl (C=O) groups excluding carboxylic acids is 1. The quantitative estimate of drug-likeness (QED) is 0.822. The number of morpholine rings is 1. The Balaban J connectivity index is 1.63. The van der Waals surface area contributed by atoms with Crippen molar-refractivity contribution in [3.05, 3.63) is 42.5 Å². The van der Waals surface area contributed by atoms with Gasteiger partial charge in [0.25, 0.3) is 0 Å². The first-order chi connectivity index (χ1) is 12.6. The molecular weight excluding hydrogens is 352 g/mol. The van der Waals surface area contributed by atoms with Crippen LogP contribution < -0.4 is 0 Å². The SMILES string of the molecule is O=C(C1CCCN1S(=O)(=O)c1ccc2ccccc2c1)N1CCOCC1. The highest BCUT2D eigenvalue weighted by molar-refractivity contribution is 7.89. The van der Waals surface area contributed by atoms with Gasteiger partial charge in [-0.1, -0.05) is 30.3 Å². The normalized spacial score (nSPS) is 22.0. The molecule has 2 aromatic carbocycles. The summed E-state index contributed by atoms with van der Waals surface area (Å²) >= 11 is 0. The van der Waals surface area contributed by atoms with Gasteiger partial charge in [0.15, 0.2) is 0 Å². The van der Waals surface area contributed by atoms with E-state index in [9.17, 15) is 13.2 Å². The number of fused-ring (bicyclic) bond motifs is 1. The second-order valence-electron chi connectivity index (χ2n) is 6.72. The van der Waals surface area contributed by atoms with Crippen LogP contribution in [-0.4, -0.2) is 62.4 Å². The van der Waals surface area contributed by atoms with Crippen molar-refractivity contribution in [2.24, 2.45) is 0 Å². The van der Waals surface area contributed by atoms with E-state index in [4.69, 9.17) is 4.74 Å². The van der Waals surface area contributed by atoms with Gasteiger partial charge >= 0.3 is 0 Å². The molecule has 0 aliphatic carbocycles. The van der Waals surface area contributed by atoms with E-state index >= 15 is 0 Å². The highest BCUT2D eigenvalue weighted by atomic mass is 32.2. The molecule has 4 rings (SSSR count). The van der Waals surface area contributed by atoms with Crippen LogP contribution in [0.25, 0.3) is 10.8 Å². The number of hydrogen-bond donors (Lipinski definition) is 0. The molecule has 1 unspecified atom stereocenters. The predicted octanol–water partition coefficient (Wildman–Crippen LogP) is 1.85. The van der Waals surface area contributed by atoms with E-state index in [0.29, 0.717) is 45.7 Å². The minimum atomic E-state index is -3.71. The first-order valence-electron chi connectivity index (χ1n) is 8.94. The number of benzene rings is 2. The number of amides is 1. The standard InChI is InChI=1S/C19H22N2O4S/c22-19(20-10-12-25-13-11-20)18-6-3-9-21(18)26(23,24)17-8-7-15-4-1-2-5-16(15)14-17/h1-2,4-5,7-8,14,18H,3,6,9-13H2. The lowest BCUT2D eigenvalue weighted by molar-refractivity contribution is -0.138. The molecule has 0 aromatic heterocycles. The van der Waals surface area contributed by atoms with Gasteiger partial charge in [-0.15, -0.1) is 0 Å². The molecule has 1 atom stereocenters. The van der Waals surface area contributed by atoms with Gasteiger partial charge in [0.2, 0.25) is 15.9 Å². The molecule has 1 amide bonds. The zero-order chi connectivity index (χ0) is 18.1. The second-order valence-corrected chi connectivity index (χ2v) is 8.61. The van der Waals surface area contributed by atoms with E-state index in [0.717, 1.165) is 10.8 Å². The van der Waals surface area contributed by atoms with Crippen LogP contribution in [0.4, 0.5) is 0 Å². The maximum Gasteiger partial charge on any atom is 0.243 e. The molecule has 2 aliphatic heterocycles. The summed E-state index contributed by atoms with van der Waals surface area (Å²) in [5.74, 6) is -0.102. The largest absolute Gasteiger partial charge is 0.378 e. The summed E-state index contributed by atoms with van der Waals surface area (Å²) in [6, 6.07) is 12.2. The molecule has 6 nitrogen and oxygen atoms in total. The van der Waals surface area contributed by atoms with Gasteiger partial charge in [-0.25, -0.2) is 8.42 Å². The molecule has 0 radical (unpaired) electrons. The second kappa shape index (κ2) is 6.98. The van der Waals surface area contributed by atoms with Crippen molar-refractivity contribution < 1.29 is 17.9 Å². The summed E-state index contributed by atoms with van der Waals surface area (Å²) in [6.45, 7) is 2.46. The first kappa shape index (κ1) is 17.5. The van der Waals surface area contributed by atoms with Crippen molar-refractivity contribution in [1.82, 2.24) is 9.21 Å². The first-order valence-corrected chi connectivity index (χ1v) is 10.4. The van der Waals surface area contributed by atoms with Crippen LogP contribution in [0.5, 0.6) is 0 Å². The van der Waals surface area contributed by atoms with Gasteiger partial charge in [0.05, 0.1) is 18.1 Å². The van der Waals surface area contributed by atoms with Crippen molar-refractivity contribution >= 4 is 26.7 Å². The average molecular weight is 374 g/mol. The summed E-state index contributed by atoms with van der Waals surface area (Å²) in [5.41, 5.74) is 0. The van der Waals surface area contributed by atoms with E-state index in [2.05, 4.69) is 0 Å². The van der Waals surface area contributed by atoms with E-state index in [1.54, 1.807) is 17.0 Å². The maximum atomic E-state index is 13.2. The lowest BCUT2D eigenvalue weighted by Gasteiger charge is -2.32. The third-order valence-electron chi connectivity index (χ3n) is 5.14. The molecule has 0 spiro atoms. The van der Waals surface area contributed by atoms with Crippen molar-refractivity contribution in [1.29, 1.82) is 0 Å². The molecule has 7 heteroatoms. The number of rotatable bonds is 3. The smallest absolute Gasteiger partial charge is 0.243 e. The molecule has 2 saturated heterocycles. The minimum absolute atomic E-state index is 0.102. The molecule has 2 fully saturated rings. The summed E-state index contributed by atoms with van der Waals surface area (Å²) in [4.78, 5) is 14.8. The molecule has 2 aromatic rings. The van der Waals surface area contributed by atoms with Crippen LogP contribution in [0.15, 0.2) is 47.4 Å². The van der Waals surface area contributed by atoms with Crippen LogP contribution in [0.1, 0.15) is 12.8 Å². The Morgan fingerprint density at radius 3 is 2.50 bits per heavy atom. The highest BCUT2D eigenvalue weighted by Gasteiger charge is 2.41. The molecular formula is C19H22N2O4S. The number of ether oxygens (including phenoxy) is 1. The Morgan fingerprint density at radius 2 is 1.73 bits per heavy atom. The van der Waals surface area contributed by atoms with Gasteiger partial charge in [-0.05, 0) is 35.7 Å². The molecule has 0 saturated carbocycles. The third-order valence-corrected chi connectivity index (χ3v) is 7.04. The Labute approximate surface area is 153 Å². The van der Waals surface area contributed by atoms with Gasteiger partial charge in [0, 0.05) is 19.6 Å². The zero-order valence-electron chi connectivity index (χ0n) is 14.5. The van der Waals surface area contributed by atoms with Crippen LogP contribution in [0.2, 0.25) is 0 Å². The molecule has 26 heavy (non-hydrogen) atoms. The fourth-order valence-electron chi connectivity index (χ4n) is 3.73. The molecule has 0 N–H and O–H groups in total. The minimum Gasteiger partial charge on any atom is -0.378 e. The van der Waals surface area contributed by atoms with Crippen molar-refractivity contribution in [2.75, 3.05) is 32.8 Å². The van der Waals surface area contributed by atoms with Crippen molar-refractivity contribution in [2.45, 2.75) is 23.8 Å². The summed E-state index contributed by atoms with van der Waals surface area (Å²) in [7, 11) is -3.71. The Bertz CT molecular complexity index is 922. The van der Waals surface area contributed by atoms with Crippen molar-refractivity contribution in [3.63, 3.8) is 0 Å². The Hall–Kier alpha value is -1.96. The fraction of sp³-hybridized carbons (Fsp3) is 0.421. The lowest BCUT2D eigenvalue weighted by Crippen LogP contribution is -2.50. The number of sulfonamides is 1. The Morgan fingerprint density at radius 1 is 1.00 bits per heavy atom. The maximum absolute atomic E-state index is 13.2. The van der Waals surface area contributed by atoms with Gasteiger partial charge in [-0.2, -0.15) is 4.31 Å². The summed E-state index contributed by atoms with van der Waals surface area (Å²) in [5, 5.41) is 1.87. The molecule has 0 bridgehead atoms. The van der Waals surface area contributed by atoms with Crippen molar-refractivity contribution in [3.8, 4) is 0 Å². The third kappa shape index (κ3) is 3.11. The van der Waals surface area contributed by atoms with Gasteiger partial charge < -0.3 is 9.64 Å². The topological polar surface area (TPSA) is 66.9 Å². The van der Waals surface area contributed by atoms with E-state index < -0.39 is 16.1 Å². The molecule has 2 aliphatic rings. The van der Waals surface area contributed by atoms with E-state index in [1.165, 1.54) is 4.31 Å². The Kier molecular flexibility index (Phi) is 4.69. The monoisotopic (exact) mass is 374 g/mol.